The first-order valence-electron chi connectivity index (χ1n) is 7.45. The summed E-state index contributed by atoms with van der Waals surface area (Å²) >= 11 is 0. The Bertz CT molecular complexity index is 390. The fraction of sp³-hybridized carbons (Fsp3) is 0.857. The maximum atomic E-state index is 4.39. The number of rotatable bonds is 6. The summed E-state index contributed by atoms with van der Waals surface area (Å²) in [5.41, 5.74) is 2.60. The molecule has 100 valence electrons. The summed E-state index contributed by atoms with van der Waals surface area (Å²) in [5.74, 6) is 1.68. The predicted molar refractivity (Wildman–Crippen MR) is 71.3 cm³/mol. The maximum absolute atomic E-state index is 4.39. The Morgan fingerprint density at radius 3 is 2.56 bits per heavy atom. The van der Waals surface area contributed by atoms with Crippen molar-refractivity contribution in [2.24, 2.45) is 5.92 Å². The Kier molecular flexibility index (Phi) is 3.64. The van der Waals surface area contributed by atoms with Gasteiger partial charge in [-0.05, 0) is 32.2 Å². The molecule has 0 aliphatic heterocycles. The molecule has 4 heteroatoms. The molecule has 1 aromatic rings. The fourth-order valence-corrected chi connectivity index (χ4v) is 3.03. The molecule has 2 aliphatic carbocycles. The Morgan fingerprint density at radius 2 is 2.00 bits per heavy atom. The molecule has 18 heavy (non-hydrogen) atoms. The topological polar surface area (TPSA) is 42.7 Å². The molecule has 0 spiro atoms. The maximum Gasteiger partial charge on any atom is 0.0999 e. The second-order valence-corrected chi connectivity index (χ2v) is 5.89. The first-order valence-corrected chi connectivity index (χ1v) is 7.45. The number of hydrogen-bond donors (Lipinski definition) is 1. The van der Waals surface area contributed by atoms with Crippen LogP contribution in [0.2, 0.25) is 0 Å². The van der Waals surface area contributed by atoms with Gasteiger partial charge in [0.2, 0.25) is 0 Å². The highest BCUT2D eigenvalue weighted by Crippen LogP contribution is 2.38. The van der Waals surface area contributed by atoms with Crippen molar-refractivity contribution in [3.05, 3.63) is 11.4 Å². The van der Waals surface area contributed by atoms with E-state index in [1.165, 1.54) is 56.3 Å². The summed E-state index contributed by atoms with van der Waals surface area (Å²) in [4.78, 5) is 0. The molecule has 0 radical (unpaired) electrons. The van der Waals surface area contributed by atoms with Crippen molar-refractivity contribution >= 4 is 0 Å². The van der Waals surface area contributed by atoms with E-state index in [2.05, 4.69) is 20.3 Å². The van der Waals surface area contributed by atoms with E-state index < -0.39 is 0 Å². The molecule has 3 rings (SSSR count). The Labute approximate surface area is 109 Å². The third-order valence-electron chi connectivity index (χ3n) is 4.66. The van der Waals surface area contributed by atoms with Crippen LogP contribution in [0.25, 0.3) is 0 Å². The van der Waals surface area contributed by atoms with Gasteiger partial charge in [-0.15, -0.1) is 5.10 Å². The van der Waals surface area contributed by atoms with Gasteiger partial charge in [-0.1, -0.05) is 30.9 Å². The van der Waals surface area contributed by atoms with Crippen LogP contribution in [0.3, 0.4) is 0 Å². The molecule has 1 N–H and O–H groups in total. The Hall–Kier alpha value is -0.900. The Balaban J connectivity index is 1.70. The molecule has 0 unspecified atom stereocenters. The van der Waals surface area contributed by atoms with Gasteiger partial charge in [0, 0.05) is 19.0 Å². The van der Waals surface area contributed by atoms with Gasteiger partial charge in [0.1, 0.15) is 0 Å². The van der Waals surface area contributed by atoms with E-state index >= 15 is 0 Å². The van der Waals surface area contributed by atoms with E-state index in [9.17, 15) is 0 Å². The van der Waals surface area contributed by atoms with Gasteiger partial charge in [0.05, 0.1) is 11.4 Å². The zero-order chi connectivity index (χ0) is 12.4. The third kappa shape index (κ3) is 2.30. The van der Waals surface area contributed by atoms with E-state index in [0.717, 1.165) is 24.9 Å². The lowest BCUT2D eigenvalue weighted by molar-refractivity contribution is 0.271. The van der Waals surface area contributed by atoms with Gasteiger partial charge in [-0.2, -0.15) is 0 Å². The minimum absolute atomic E-state index is 0.727. The van der Waals surface area contributed by atoms with Gasteiger partial charge < -0.3 is 5.32 Å². The molecule has 0 aromatic carbocycles. The zero-order valence-electron chi connectivity index (χ0n) is 11.4. The van der Waals surface area contributed by atoms with Crippen LogP contribution in [0.4, 0.5) is 0 Å². The molecule has 0 amide bonds. The van der Waals surface area contributed by atoms with Crippen molar-refractivity contribution in [3.8, 4) is 0 Å². The fourth-order valence-electron chi connectivity index (χ4n) is 3.03. The lowest BCUT2D eigenvalue weighted by Gasteiger charge is -2.28. The molecule has 0 saturated heterocycles. The smallest absolute Gasteiger partial charge is 0.0999 e. The number of aromatic nitrogens is 3. The van der Waals surface area contributed by atoms with Crippen molar-refractivity contribution < 1.29 is 0 Å². The van der Waals surface area contributed by atoms with E-state index in [1.54, 1.807) is 0 Å². The van der Waals surface area contributed by atoms with Gasteiger partial charge in [0.25, 0.3) is 0 Å². The number of hydrogen-bond acceptors (Lipinski definition) is 3. The highest BCUT2D eigenvalue weighted by Gasteiger charge is 2.27. The number of nitrogens with one attached hydrogen (secondary N) is 1. The lowest BCUT2D eigenvalue weighted by Crippen LogP contribution is -2.20. The van der Waals surface area contributed by atoms with Crippen molar-refractivity contribution in [2.75, 3.05) is 7.05 Å². The average molecular weight is 248 g/mol. The van der Waals surface area contributed by atoms with Crippen LogP contribution in [0.5, 0.6) is 0 Å². The summed E-state index contributed by atoms with van der Waals surface area (Å²) in [6, 6.07) is 0. The number of nitrogens with zero attached hydrogens (tertiary/aromatic N) is 3. The van der Waals surface area contributed by atoms with E-state index in [0.29, 0.717) is 0 Å². The van der Waals surface area contributed by atoms with Crippen LogP contribution in [0, 0.1) is 5.92 Å². The van der Waals surface area contributed by atoms with Crippen LogP contribution >= 0.6 is 0 Å². The Morgan fingerprint density at radius 1 is 1.22 bits per heavy atom. The first kappa shape index (κ1) is 12.2. The predicted octanol–water partition coefficient (Wildman–Crippen LogP) is 2.46. The molecule has 2 saturated carbocycles. The van der Waals surface area contributed by atoms with Crippen molar-refractivity contribution in [3.63, 3.8) is 0 Å². The minimum Gasteiger partial charge on any atom is -0.314 e. The van der Waals surface area contributed by atoms with Gasteiger partial charge >= 0.3 is 0 Å². The highest BCUT2D eigenvalue weighted by atomic mass is 15.4. The molecule has 1 heterocycles. The first-order chi connectivity index (χ1) is 8.88. The highest BCUT2D eigenvalue weighted by molar-refractivity contribution is 5.18. The van der Waals surface area contributed by atoms with E-state index in [1.807, 2.05) is 7.05 Å². The molecule has 0 bridgehead atoms. The van der Waals surface area contributed by atoms with Crippen LogP contribution in [0.1, 0.15) is 62.3 Å². The summed E-state index contributed by atoms with van der Waals surface area (Å²) in [5, 5.41) is 12.0. The molecular weight excluding hydrogens is 224 g/mol. The molecule has 2 aliphatic rings. The quantitative estimate of drug-likeness (QED) is 0.841. The van der Waals surface area contributed by atoms with Crippen molar-refractivity contribution in [2.45, 2.75) is 64.0 Å². The number of aryl methyl sites for hydroxylation is 1. The summed E-state index contributed by atoms with van der Waals surface area (Å²) in [6.45, 7) is 1.93. The summed E-state index contributed by atoms with van der Waals surface area (Å²) in [7, 11) is 1.98. The monoisotopic (exact) mass is 248 g/mol. The molecule has 2 fully saturated rings. The molecular formula is C14H24N4. The molecule has 4 nitrogen and oxygen atoms in total. The SMILES string of the molecule is CNCc1nnn(CCC2CCC2)c1C1CCC1. The van der Waals surface area contributed by atoms with Gasteiger partial charge in [-0.3, -0.25) is 0 Å². The van der Waals surface area contributed by atoms with Crippen molar-refractivity contribution in [1.29, 1.82) is 0 Å². The van der Waals surface area contributed by atoms with E-state index in [-0.39, 0.29) is 0 Å². The largest absolute Gasteiger partial charge is 0.314 e. The van der Waals surface area contributed by atoms with Crippen molar-refractivity contribution in [1.82, 2.24) is 20.3 Å². The summed E-state index contributed by atoms with van der Waals surface area (Å²) < 4.78 is 2.20. The van der Waals surface area contributed by atoms with Gasteiger partial charge in [-0.25, -0.2) is 4.68 Å². The van der Waals surface area contributed by atoms with Crippen LogP contribution in [-0.2, 0) is 13.1 Å². The average Bonchev–Trinajstić information content (AvgIpc) is 2.59. The standard InChI is InChI=1S/C14H24N4/c1-15-10-13-14(12-6-3-7-12)18(17-16-13)9-8-11-4-2-5-11/h11-12,15H,2-10H2,1H3. The normalized spacial score (nSPS) is 20.7. The lowest BCUT2D eigenvalue weighted by atomic mass is 9.81. The minimum atomic E-state index is 0.727. The second-order valence-electron chi connectivity index (χ2n) is 5.89. The molecule has 1 aromatic heterocycles. The van der Waals surface area contributed by atoms with Crippen LogP contribution in [-0.4, -0.2) is 22.0 Å². The van der Waals surface area contributed by atoms with E-state index in [4.69, 9.17) is 0 Å². The molecule has 0 atom stereocenters. The van der Waals surface area contributed by atoms with Crippen LogP contribution in [0.15, 0.2) is 0 Å². The second kappa shape index (κ2) is 5.39. The summed E-state index contributed by atoms with van der Waals surface area (Å²) in [6.07, 6.45) is 9.61. The zero-order valence-corrected chi connectivity index (χ0v) is 11.4. The van der Waals surface area contributed by atoms with Crippen LogP contribution < -0.4 is 5.32 Å². The third-order valence-corrected chi connectivity index (χ3v) is 4.66. The van der Waals surface area contributed by atoms with Gasteiger partial charge in [0.15, 0.2) is 0 Å².